The van der Waals surface area contributed by atoms with Crippen molar-refractivity contribution in [2.24, 2.45) is 5.84 Å². The fourth-order valence-corrected chi connectivity index (χ4v) is 1.50. The summed E-state index contributed by atoms with van der Waals surface area (Å²) in [7, 11) is 1.70. The fourth-order valence-electron chi connectivity index (χ4n) is 1.50. The first-order valence-corrected chi connectivity index (χ1v) is 5.22. The number of ether oxygens (including phenoxy) is 1. The van der Waals surface area contributed by atoms with Crippen molar-refractivity contribution in [3.63, 3.8) is 0 Å². The van der Waals surface area contributed by atoms with Gasteiger partial charge in [0.1, 0.15) is 0 Å². The van der Waals surface area contributed by atoms with Crippen molar-refractivity contribution in [2.45, 2.75) is 32.4 Å². The van der Waals surface area contributed by atoms with Crippen LogP contribution < -0.4 is 11.3 Å². The van der Waals surface area contributed by atoms with Gasteiger partial charge in [0.25, 0.3) is 0 Å². The van der Waals surface area contributed by atoms with E-state index in [0.29, 0.717) is 0 Å². The highest BCUT2D eigenvalue weighted by Crippen LogP contribution is 2.08. The van der Waals surface area contributed by atoms with E-state index in [4.69, 9.17) is 10.6 Å². The summed E-state index contributed by atoms with van der Waals surface area (Å²) >= 11 is 0. The molecule has 2 unspecified atom stereocenters. The normalized spacial score (nSPS) is 14.9. The molecule has 84 valence electrons. The number of hydrogen-bond donors (Lipinski definition) is 2. The molecule has 0 aliphatic carbocycles. The number of aryl methyl sites for hydroxylation is 1. The Balaban J connectivity index is 2.62. The zero-order valence-electron chi connectivity index (χ0n) is 9.66. The molecule has 0 radical (unpaired) electrons. The number of hydrazine groups is 1. The van der Waals surface area contributed by atoms with Crippen LogP contribution in [0.3, 0.4) is 0 Å². The van der Waals surface area contributed by atoms with Crippen LogP contribution >= 0.6 is 0 Å². The molecule has 1 aromatic carbocycles. The minimum atomic E-state index is 0.108. The van der Waals surface area contributed by atoms with Gasteiger partial charge < -0.3 is 4.74 Å². The molecule has 1 rings (SSSR count). The molecular weight excluding hydrogens is 188 g/mol. The predicted molar refractivity (Wildman–Crippen MR) is 62.5 cm³/mol. The number of methoxy groups -OCH3 is 1. The fraction of sp³-hybridized carbons (Fsp3) is 0.500. The lowest BCUT2D eigenvalue weighted by atomic mass is 10.0. The Morgan fingerprint density at radius 1 is 1.33 bits per heavy atom. The van der Waals surface area contributed by atoms with Crippen LogP contribution in [0, 0.1) is 6.92 Å². The standard InChI is InChI=1S/C12H20N2O/c1-9-4-6-11(7-5-9)8-12(14-13)10(2)15-3/h4-7,10,12,14H,8,13H2,1-3H3. The predicted octanol–water partition coefficient (Wildman–Crippen LogP) is 1.40. The van der Waals surface area contributed by atoms with E-state index in [1.165, 1.54) is 11.1 Å². The van der Waals surface area contributed by atoms with Crippen LogP contribution in [0.15, 0.2) is 24.3 Å². The second kappa shape index (κ2) is 5.85. The molecule has 0 fully saturated rings. The molecular formula is C12H20N2O. The molecule has 0 heterocycles. The molecule has 0 aliphatic rings. The summed E-state index contributed by atoms with van der Waals surface area (Å²) < 4.78 is 5.26. The lowest BCUT2D eigenvalue weighted by Crippen LogP contribution is -2.45. The van der Waals surface area contributed by atoms with E-state index < -0.39 is 0 Å². The Kier molecular flexibility index (Phi) is 4.75. The Bertz CT molecular complexity index is 284. The summed E-state index contributed by atoms with van der Waals surface area (Å²) in [6.07, 6.45) is 0.988. The maximum atomic E-state index is 5.50. The van der Waals surface area contributed by atoms with E-state index in [1.807, 2.05) is 6.92 Å². The first-order valence-electron chi connectivity index (χ1n) is 5.22. The molecule has 1 aromatic rings. The van der Waals surface area contributed by atoms with Gasteiger partial charge in [-0.05, 0) is 25.8 Å². The Labute approximate surface area is 91.6 Å². The largest absolute Gasteiger partial charge is 0.380 e. The van der Waals surface area contributed by atoms with Crippen LogP contribution in [0.2, 0.25) is 0 Å². The van der Waals surface area contributed by atoms with Gasteiger partial charge in [-0.1, -0.05) is 29.8 Å². The van der Waals surface area contributed by atoms with Gasteiger partial charge in [-0.2, -0.15) is 0 Å². The lowest BCUT2D eigenvalue weighted by Gasteiger charge is -2.22. The summed E-state index contributed by atoms with van der Waals surface area (Å²) in [5.41, 5.74) is 5.34. The van der Waals surface area contributed by atoms with E-state index in [9.17, 15) is 0 Å². The quantitative estimate of drug-likeness (QED) is 0.568. The van der Waals surface area contributed by atoms with E-state index in [2.05, 4.69) is 36.6 Å². The number of nitrogens with two attached hydrogens (primary N) is 1. The minimum absolute atomic E-state index is 0.108. The third-order valence-electron chi connectivity index (χ3n) is 2.73. The first kappa shape index (κ1) is 12.2. The maximum absolute atomic E-state index is 5.50. The van der Waals surface area contributed by atoms with Crippen molar-refractivity contribution in [3.8, 4) is 0 Å². The number of nitrogens with one attached hydrogen (secondary N) is 1. The Morgan fingerprint density at radius 3 is 2.40 bits per heavy atom. The molecule has 3 nitrogen and oxygen atoms in total. The molecule has 15 heavy (non-hydrogen) atoms. The van der Waals surface area contributed by atoms with Crippen LogP contribution in [0.1, 0.15) is 18.1 Å². The molecule has 3 heteroatoms. The Hall–Kier alpha value is -0.900. The molecule has 0 aromatic heterocycles. The van der Waals surface area contributed by atoms with Crippen LogP contribution in [0.5, 0.6) is 0 Å². The van der Waals surface area contributed by atoms with Gasteiger partial charge in [0.15, 0.2) is 0 Å². The summed E-state index contributed by atoms with van der Waals surface area (Å²) in [6.45, 7) is 4.10. The highest BCUT2D eigenvalue weighted by molar-refractivity contribution is 5.22. The van der Waals surface area contributed by atoms with Crippen LogP contribution in [0.4, 0.5) is 0 Å². The van der Waals surface area contributed by atoms with Gasteiger partial charge in [0, 0.05) is 7.11 Å². The molecule has 0 spiro atoms. The van der Waals surface area contributed by atoms with E-state index in [1.54, 1.807) is 7.11 Å². The van der Waals surface area contributed by atoms with Gasteiger partial charge in [0.2, 0.25) is 0 Å². The third kappa shape index (κ3) is 3.63. The van der Waals surface area contributed by atoms with Crippen molar-refractivity contribution < 1.29 is 4.74 Å². The second-order valence-electron chi connectivity index (χ2n) is 3.90. The maximum Gasteiger partial charge on any atom is 0.0712 e. The smallest absolute Gasteiger partial charge is 0.0712 e. The van der Waals surface area contributed by atoms with Crippen molar-refractivity contribution in [3.05, 3.63) is 35.4 Å². The lowest BCUT2D eigenvalue weighted by molar-refractivity contribution is 0.0831. The van der Waals surface area contributed by atoms with Crippen molar-refractivity contribution in [2.75, 3.05) is 7.11 Å². The van der Waals surface area contributed by atoms with Gasteiger partial charge in [0.05, 0.1) is 12.1 Å². The molecule has 0 saturated carbocycles. The third-order valence-corrected chi connectivity index (χ3v) is 2.73. The average molecular weight is 208 g/mol. The highest BCUT2D eigenvalue weighted by atomic mass is 16.5. The molecule has 0 saturated heterocycles. The molecule has 0 bridgehead atoms. The summed E-state index contributed by atoms with van der Waals surface area (Å²) in [6, 6.07) is 8.63. The monoisotopic (exact) mass is 208 g/mol. The van der Waals surface area contributed by atoms with Crippen molar-refractivity contribution in [1.82, 2.24) is 5.43 Å². The van der Waals surface area contributed by atoms with Gasteiger partial charge in [-0.25, -0.2) is 0 Å². The number of benzene rings is 1. The zero-order valence-corrected chi connectivity index (χ0v) is 9.66. The van der Waals surface area contributed by atoms with E-state index in [0.717, 1.165) is 6.42 Å². The average Bonchev–Trinajstić information content (AvgIpc) is 2.27. The van der Waals surface area contributed by atoms with Crippen LogP contribution in [-0.2, 0) is 11.2 Å². The van der Waals surface area contributed by atoms with Crippen LogP contribution in [-0.4, -0.2) is 19.3 Å². The highest BCUT2D eigenvalue weighted by Gasteiger charge is 2.15. The zero-order chi connectivity index (χ0) is 11.3. The first-order chi connectivity index (χ1) is 7.17. The van der Waals surface area contributed by atoms with Crippen LogP contribution in [0.25, 0.3) is 0 Å². The Morgan fingerprint density at radius 2 is 1.93 bits per heavy atom. The van der Waals surface area contributed by atoms with Crippen molar-refractivity contribution >= 4 is 0 Å². The van der Waals surface area contributed by atoms with E-state index in [-0.39, 0.29) is 12.1 Å². The molecule has 2 atom stereocenters. The summed E-state index contributed by atoms with van der Waals surface area (Å²) in [4.78, 5) is 0. The SMILES string of the molecule is COC(C)C(Cc1ccc(C)cc1)NN. The summed E-state index contributed by atoms with van der Waals surface area (Å²) in [5.74, 6) is 5.50. The molecule has 0 amide bonds. The van der Waals surface area contributed by atoms with Gasteiger partial charge in [-0.3, -0.25) is 11.3 Å². The molecule has 3 N–H and O–H groups in total. The second-order valence-corrected chi connectivity index (χ2v) is 3.90. The van der Waals surface area contributed by atoms with E-state index >= 15 is 0 Å². The number of rotatable bonds is 5. The van der Waals surface area contributed by atoms with Gasteiger partial charge in [-0.15, -0.1) is 0 Å². The molecule has 0 aliphatic heterocycles. The number of hydrogen-bond acceptors (Lipinski definition) is 3. The van der Waals surface area contributed by atoms with Crippen molar-refractivity contribution in [1.29, 1.82) is 0 Å². The van der Waals surface area contributed by atoms with Gasteiger partial charge >= 0.3 is 0 Å². The minimum Gasteiger partial charge on any atom is -0.380 e. The summed E-state index contributed by atoms with van der Waals surface area (Å²) in [5, 5.41) is 0. The topological polar surface area (TPSA) is 47.3 Å².